The highest BCUT2D eigenvalue weighted by Crippen LogP contribution is 2.27. The lowest BCUT2D eigenvalue weighted by molar-refractivity contribution is -0.263. The molecule has 4 atom stereocenters. The van der Waals surface area contributed by atoms with Gasteiger partial charge in [0.05, 0.1) is 6.10 Å². The number of carbonyl (C=O) groups is 4. The number of hydrogen-bond acceptors (Lipinski definition) is 8. The van der Waals surface area contributed by atoms with E-state index in [0.29, 0.717) is 32.1 Å². The molecule has 180 valence electrons. The van der Waals surface area contributed by atoms with E-state index in [1.54, 1.807) is 6.92 Å². The summed E-state index contributed by atoms with van der Waals surface area (Å²) in [6, 6.07) is 0. The Balaban J connectivity index is 0.00000131. The third-order valence-electron chi connectivity index (χ3n) is 4.28. The number of esters is 3. The Labute approximate surface area is 184 Å². The number of carbonyl (C=O) groups excluding carboxylic acids is 3. The lowest BCUT2D eigenvalue weighted by Gasteiger charge is -2.38. The molecule has 0 spiro atoms. The third kappa shape index (κ3) is 13.0. The minimum Gasteiger partial charge on any atom is -0.481 e. The molecule has 9 heteroatoms. The molecule has 1 fully saturated rings. The molecule has 0 saturated carbocycles. The molecule has 1 N–H and O–H groups in total. The smallest absolute Gasteiger partial charge is 0.308 e. The largest absolute Gasteiger partial charge is 0.481 e. The molecule has 1 saturated heterocycles. The third-order valence-corrected chi connectivity index (χ3v) is 4.28. The molecule has 1 unspecified atom stereocenters. The van der Waals surface area contributed by atoms with Gasteiger partial charge in [-0.1, -0.05) is 27.7 Å². The quantitative estimate of drug-likeness (QED) is 0.373. The minimum absolute atomic E-state index is 0.246. The molecular weight excluding hydrogens is 408 g/mol. The Morgan fingerprint density at radius 3 is 1.55 bits per heavy atom. The maximum atomic E-state index is 11.9. The summed E-state index contributed by atoms with van der Waals surface area (Å²) in [7, 11) is 0. The summed E-state index contributed by atoms with van der Waals surface area (Å²) >= 11 is 0. The summed E-state index contributed by atoms with van der Waals surface area (Å²) in [4.78, 5) is 45.0. The Morgan fingerprint density at radius 1 is 0.742 bits per heavy atom. The molecular formula is C22H38O9. The van der Waals surface area contributed by atoms with Crippen molar-refractivity contribution in [2.45, 2.75) is 117 Å². The van der Waals surface area contributed by atoms with Crippen molar-refractivity contribution in [1.29, 1.82) is 0 Å². The first kappa shape index (κ1) is 28.8. The highest BCUT2D eigenvalue weighted by atomic mass is 16.7. The summed E-state index contributed by atoms with van der Waals surface area (Å²) in [5, 5.41) is 7.91. The maximum absolute atomic E-state index is 11.9. The number of ether oxygens (including phenoxy) is 4. The number of rotatable bonds is 11. The van der Waals surface area contributed by atoms with Gasteiger partial charge in [-0.15, -0.1) is 0 Å². The highest BCUT2D eigenvalue weighted by molar-refractivity contribution is 5.71. The molecule has 0 aliphatic carbocycles. The zero-order valence-electron chi connectivity index (χ0n) is 19.4. The molecule has 1 rings (SSSR count). The summed E-state index contributed by atoms with van der Waals surface area (Å²) < 4.78 is 21.8. The second kappa shape index (κ2) is 16.5. The molecule has 0 aromatic rings. The molecule has 0 bridgehead atoms. The lowest BCUT2D eigenvalue weighted by Crippen LogP contribution is -2.51. The van der Waals surface area contributed by atoms with E-state index in [4.69, 9.17) is 24.1 Å². The first-order valence-corrected chi connectivity index (χ1v) is 11.1. The van der Waals surface area contributed by atoms with Crippen molar-refractivity contribution in [1.82, 2.24) is 0 Å². The second-order valence-corrected chi connectivity index (χ2v) is 7.39. The van der Waals surface area contributed by atoms with Crippen molar-refractivity contribution >= 4 is 23.9 Å². The summed E-state index contributed by atoms with van der Waals surface area (Å²) in [6.45, 7) is 9.21. The average Bonchev–Trinajstić information content (AvgIpc) is 2.66. The van der Waals surface area contributed by atoms with Crippen LogP contribution >= 0.6 is 0 Å². The first-order chi connectivity index (χ1) is 14.7. The van der Waals surface area contributed by atoms with Crippen LogP contribution in [-0.4, -0.2) is 53.6 Å². The van der Waals surface area contributed by atoms with Gasteiger partial charge in [0.2, 0.25) is 6.29 Å². The van der Waals surface area contributed by atoms with E-state index in [9.17, 15) is 19.2 Å². The molecule has 1 aliphatic rings. The van der Waals surface area contributed by atoms with E-state index in [1.807, 2.05) is 27.7 Å². The van der Waals surface area contributed by atoms with E-state index in [-0.39, 0.29) is 31.2 Å². The fourth-order valence-corrected chi connectivity index (χ4v) is 2.74. The van der Waals surface area contributed by atoms with E-state index in [0.717, 1.165) is 6.42 Å². The van der Waals surface area contributed by atoms with Gasteiger partial charge in [0.1, 0.15) is 6.10 Å². The standard InChI is InChI=1S/C18H30O7.C4H8O2/c1-5-8-15(19)23-13-11-14(24-16(20)9-6-2)18(22-12(13)4)25-17(21)10-7-3;1-2-3-4(5)6/h12-14,18H,5-11H2,1-4H3;2-3H2,1H3,(H,5,6)/t12-,13-,14-,18?;/m0./s1. The zero-order valence-corrected chi connectivity index (χ0v) is 19.4. The van der Waals surface area contributed by atoms with Crippen LogP contribution in [0.15, 0.2) is 0 Å². The van der Waals surface area contributed by atoms with Gasteiger partial charge in [-0.05, 0) is 32.6 Å². The molecule has 9 nitrogen and oxygen atoms in total. The summed E-state index contributed by atoms with van der Waals surface area (Å²) in [6.07, 6.45) is 1.35. The van der Waals surface area contributed by atoms with Crippen LogP contribution in [0.4, 0.5) is 0 Å². The topological polar surface area (TPSA) is 125 Å². The maximum Gasteiger partial charge on any atom is 0.308 e. The van der Waals surface area contributed by atoms with Crippen LogP contribution in [0.25, 0.3) is 0 Å². The van der Waals surface area contributed by atoms with Gasteiger partial charge < -0.3 is 24.1 Å². The van der Waals surface area contributed by atoms with Gasteiger partial charge in [0.15, 0.2) is 6.10 Å². The predicted octanol–water partition coefficient (Wildman–Crippen LogP) is 3.76. The van der Waals surface area contributed by atoms with Gasteiger partial charge in [-0.3, -0.25) is 19.2 Å². The van der Waals surface area contributed by atoms with Gasteiger partial charge >= 0.3 is 23.9 Å². The van der Waals surface area contributed by atoms with Crippen LogP contribution in [0.3, 0.4) is 0 Å². The highest BCUT2D eigenvalue weighted by Gasteiger charge is 2.42. The Morgan fingerprint density at radius 2 is 1.16 bits per heavy atom. The van der Waals surface area contributed by atoms with Crippen LogP contribution in [-0.2, 0) is 38.1 Å². The average molecular weight is 447 g/mol. The fourth-order valence-electron chi connectivity index (χ4n) is 2.74. The zero-order chi connectivity index (χ0) is 23.8. The van der Waals surface area contributed by atoms with Crippen LogP contribution < -0.4 is 0 Å². The van der Waals surface area contributed by atoms with Crippen LogP contribution in [0.1, 0.15) is 92.4 Å². The van der Waals surface area contributed by atoms with E-state index < -0.39 is 36.5 Å². The number of carboxylic acids is 1. The Hall–Kier alpha value is -2.16. The number of carboxylic acid groups (broad SMARTS) is 1. The summed E-state index contributed by atoms with van der Waals surface area (Å²) in [5.74, 6) is -1.82. The van der Waals surface area contributed by atoms with Crippen molar-refractivity contribution in [3.8, 4) is 0 Å². The normalized spacial score (nSPS) is 22.5. The van der Waals surface area contributed by atoms with Gasteiger partial charge in [-0.25, -0.2) is 0 Å². The fraction of sp³-hybridized carbons (Fsp3) is 0.818. The van der Waals surface area contributed by atoms with Crippen molar-refractivity contribution in [2.75, 3.05) is 0 Å². The number of hydrogen-bond donors (Lipinski definition) is 1. The Bertz CT molecular complexity index is 561. The van der Waals surface area contributed by atoms with Gasteiger partial charge in [-0.2, -0.15) is 0 Å². The van der Waals surface area contributed by atoms with Gasteiger partial charge in [0, 0.05) is 32.1 Å². The van der Waals surface area contributed by atoms with Crippen molar-refractivity contribution < 1.29 is 43.2 Å². The van der Waals surface area contributed by atoms with Crippen LogP contribution in [0, 0.1) is 0 Å². The van der Waals surface area contributed by atoms with E-state index in [2.05, 4.69) is 0 Å². The second-order valence-electron chi connectivity index (χ2n) is 7.39. The van der Waals surface area contributed by atoms with Crippen LogP contribution in [0.2, 0.25) is 0 Å². The predicted molar refractivity (Wildman–Crippen MR) is 112 cm³/mol. The SMILES string of the molecule is CCCC(=O)O.CCCC(=O)OC1O[C@@H](C)[C@@H](OC(=O)CCC)C[C@@H]1OC(=O)CCC. The van der Waals surface area contributed by atoms with E-state index in [1.165, 1.54) is 0 Å². The van der Waals surface area contributed by atoms with Crippen molar-refractivity contribution in [3.63, 3.8) is 0 Å². The lowest BCUT2D eigenvalue weighted by atomic mass is 10.0. The molecule has 0 aromatic heterocycles. The monoisotopic (exact) mass is 446 g/mol. The number of aliphatic carboxylic acids is 1. The first-order valence-electron chi connectivity index (χ1n) is 11.1. The van der Waals surface area contributed by atoms with E-state index >= 15 is 0 Å². The molecule has 0 amide bonds. The molecule has 0 aromatic carbocycles. The minimum atomic E-state index is -0.976. The van der Waals surface area contributed by atoms with Crippen LogP contribution in [0.5, 0.6) is 0 Å². The van der Waals surface area contributed by atoms with Gasteiger partial charge in [0.25, 0.3) is 0 Å². The van der Waals surface area contributed by atoms with Crippen molar-refractivity contribution in [3.05, 3.63) is 0 Å². The molecule has 0 radical (unpaired) electrons. The molecule has 31 heavy (non-hydrogen) atoms. The molecule has 1 aliphatic heterocycles. The summed E-state index contributed by atoms with van der Waals surface area (Å²) in [5.41, 5.74) is 0. The van der Waals surface area contributed by atoms with Crippen molar-refractivity contribution in [2.24, 2.45) is 0 Å². The Kier molecular flexibility index (Phi) is 15.4. The molecule has 1 heterocycles.